The van der Waals surface area contributed by atoms with Gasteiger partial charge in [0.1, 0.15) is 36.6 Å². The number of nitrogens with zero attached hydrogens (tertiary/aromatic N) is 9. The largest absolute Gasteiger partial charge is 0.490 e. The molecule has 3 aliphatic heterocycles. The normalized spacial score (nSPS) is 29.5. The summed E-state index contributed by atoms with van der Waals surface area (Å²) in [5.41, 5.74) is 13.2. The Bertz CT molecular complexity index is 3670. The van der Waals surface area contributed by atoms with E-state index < -0.39 is 153 Å². The van der Waals surface area contributed by atoms with Gasteiger partial charge in [0.25, 0.3) is 28.5 Å². The van der Waals surface area contributed by atoms with Crippen LogP contribution in [0, 0.1) is 5.92 Å². The first-order chi connectivity index (χ1) is 36.4. The molecule has 3 fully saturated rings. The van der Waals surface area contributed by atoms with Crippen molar-refractivity contribution in [3.63, 3.8) is 0 Å². The van der Waals surface area contributed by atoms with Crippen LogP contribution >= 0.6 is 31.3 Å². The number of anilines is 3. The van der Waals surface area contributed by atoms with Crippen molar-refractivity contribution in [2.45, 2.75) is 80.7 Å². The Morgan fingerprint density at radius 2 is 1.17 bits per heavy atom. The molecule has 428 valence electrons. The SMILES string of the molecule is CC[C@@H]1[C@@H](COP(=O)(O)OP(=O)(O)OP(=O)(O)OC[C@H]2O[C@@H](n3cnc4c(=O)[nH]c(N)nc43)[C@H](OC)[C@@H]2OP(=O)(O)OC[C@H]2O[C@@H](n3cnc4c(=O)[nH]c(N)nc43)[C@H](O)[C@@H]2O)OC(n2c[n+](C)c3c(=O)[nH]c(N)nc32)C1(F)F. The van der Waals surface area contributed by atoms with Crippen LogP contribution in [0.2, 0.25) is 0 Å². The molecule has 44 heteroatoms. The van der Waals surface area contributed by atoms with Crippen molar-refractivity contribution in [3.8, 4) is 0 Å². The number of hydrogen-bond donors (Lipinski definition) is 12. The lowest BCUT2D eigenvalue weighted by Crippen LogP contribution is -2.38. The third-order valence-electron chi connectivity index (χ3n) is 12.3. The van der Waals surface area contributed by atoms with Gasteiger partial charge in [-0.05, 0) is 6.42 Å². The minimum absolute atomic E-state index is 0.172. The molecule has 0 spiro atoms. The average molecular weight is 1190 g/mol. The number of aryl methyl sites for hydroxylation is 1. The van der Waals surface area contributed by atoms with Gasteiger partial charge in [-0.25, -0.2) is 32.8 Å². The lowest BCUT2D eigenvalue weighted by Gasteiger charge is -2.26. The number of H-pyrrole nitrogens is 3. The zero-order valence-electron chi connectivity index (χ0n) is 39.8. The number of hydrogen-bond acceptors (Lipinski definition) is 27. The van der Waals surface area contributed by atoms with Gasteiger partial charge in [0.15, 0.2) is 34.8 Å². The molecule has 78 heavy (non-hydrogen) atoms. The summed E-state index contributed by atoms with van der Waals surface area (Å²) < 4.78 is 140. The fourth-order valence-electron chi connectivity index (χ4n) is 8.97. The van der Waals surface area contributed by atoms with Crippen molar-refractivity contribution in [1.29, 1.82) is 0 Å². The number of fused-ring (bicyclic) bond motifs is 3. The number of nitrogen functional groups attached to an aromatic ring is 3. The molecule has 9 heterocycles. The summed E-state index contributed by atoms with van der Waals surface area (Å²) in [4.78, 5) is 106. The maximum absolute atomic E-state index is 16.0. The molecular weight excluding hydrogens is 1150 g/mol. The van der Waals surface area contributed by atoms with Crippen LogP contribution in [-0.2, 0) is 71.0 Å². The fraction of sp³-hybridized carbons (Fsp3) is 0.559. The van der Waals surface area contributed by atoms with Crippen LogP contribution in [0.4, 0.5) is 26.6 Å². The Hall–Kier alpha value is -5.41. The van der Waals surface area contributed by atoms with E-state index >= 15 is 8.78 Å². The highest BCUT2D eigenvalue weighted by molar-refractivity contribution is 7.66. The number of aliphatic hydroxyl groups excluding tert-OH is 2. The number of phosphoric acid groups is 4. The van der Waals surface area contributed by atoms with Crippen LogP contribution in [0.25, 0.3) is 33.5 Å². The molecule has 15 N–H and O–H groups in total. The standard InChI is InChI=1S/C34H45F2N15O23P4/c1-4-11-12(71-30(34(11,35)36)51-10-48(2)17-24(51)44-33(39)47-27(17)56)5-67-76(59,60)73-78(63,64)74-77(61,62)68-7-14-20(21(65-3)29(70-14)50-9-41-16-23(50)43-32(38)46-26(16)55)72-75(57,58)66-6-13-18(52)19(53)28(69-13)49-8-40-15-22(49)42-31(37)45-25(15)54/h8-14,18-21,28-30,52-53H,4-7H2,1-3H3,(H12-,37,38,39,42,43,44,45,46,47,54,55,56,57,58,59,60,61,62,63,64)/p+1/t11-,12-,13-,14-,18-,19-,20-,21-,28-,29-,30?/m1/s1. The van der Waals surface area contributed by atoms with Gasteiger partial charge < -0.3 is 65.9 Å². The van der Waals surface area contributed by atoms with E-state index in [-0.39, 0.29) is 45.9 Å². The zero-order valence-corrected chi connectivity index (χ0v) is 43.4. The number of phosphoric ester groups is 3. The summed E-state index contributed by atoms with van der Waals surface area (Å²) in [6.45, 7) is -2.30. The molecule has 3 saturated heterocycles. The maximum Gasteiger partial charge on any atom is 0.490 e. The van der Waals surface area contributed by atoms with E-state index in [1.165, 1.54) is 14.0 Å². The molecule has 6 aromatic rings. The van der Waals surface area contributed by atoms with E-state index in [4.69, 9.17) is 54.2 Å². The molecule has 0 radical (unpaired) electrons. The Balaban J connectivity index is 0.880. The Morgan fingerprint density at radius 1 is 0.679 bits per heavy atom. The van der Waals surface area contributed by atoms with Gasteiger partial charge in [-0.2, -0.15) is 36.9 Å². The number of aromatic amines is 3. The number of aromatic nitrogens is 12. The van der Waals surface area contributed by atoms with Gasteiger partial charge in [-0.15, -0.1) is 0 Å². The Morgan fingerprint density at radius 3 is 1.72 bits per heavy atom. The second-order valence-electron chi connectivity index (χ2n) is 17.3. The molecule has 0 aliphatic carbocycles. The molecule has 38 nitrogen and oxygen atoms in total. The summed E-state index contributed by atoms with van der Waals surface area (Å²) in [6, 6.07) is 0. The highest BCUT2D eigenvalue weighted by atomic mass is 31.3. The first kappa shape index (κ1) is 57.3. The van der Waals surface area contributed by atoms with Crippen LogP contribution in [0.3, 0.4) is 0 Å². The predicted molar refractivity (Wildman–Crippen MR) is 249 cm³/mol. The van der Waals surface area contributed by atoms with Crippen molar-refractivity contribution in [2.24, 2.45) is 13.0 Å². The number of imidazole rings is 3. The molecule has 0 amide bonds. The van der Waals surface area contributed by atoms with Crippen molar-refractivity contribution in [1.82, 2.24) is 53.6 Å². The lowest BCUT2D eigenvalue weighted by atomic mass is 9.94. The van der Waals surface area contributed by atoms with E-state index in [0.29, 0.717) is 0 Å². The van der Waals surface area contributed by atoms with Crippen LogP contribution in [0.5, 0.6) is 0 Å². The summed E-state index contributed by atoms with van der Waals surface area (Å²) >= 11 is 0. The average Bonchev–Trinajstić information content (AvgIpc) is 4.38. The second kappa shape index (κ2) is 20.9. The van der Waals surface area contributed by atoms with E-state index in [2.05, 4.69) is 48.5 Å². The highest BCUT2D eigenvalue weighted by Gasteiger charge is 2.62. The second-order valence-corrected chi connectivity index (χ2v) is 23.4. The molecular formula is C34H46F2N15O23P4+. The van der Waals surface area contributed by atoms with Gasteiger partial charge in [0.05, 0.1) is 51.5 Å². The number of nitrogens with two attached hydrogens (primary N) is 3. The highest BCUT2D eigenvalue weighted by Crippen LogP contribution is 2.68. The maximum atomic E-state index is 16.0. The quantitative estimate of drug-likeness (QED) is 0.0278. The van der Waals surface area contributed by atoms with E-state index in [1.54, 1.807) is 0 Å². The predicted octanol–water partition coefficient (Wildman–Crippen LogP) is -2.48. The molecule has 15 atom stereocenters. The topological polar surface area (TPSA) is 542 Å². The number of aliphatic hydroxyl groups is 2. The van der Waals surface area contributed by atoms with Gasteiger partial charge in [-0.1, -0.05) is 6.92 Å². The Labute approximate surface area is 430 Å². The van der Waals surface area contributed by atoms with Gasteiger partial charge in [-0.3, -0.25) is 56.6 Å². The molecule has 0 saturated carbocycles. The van der Waals surface area contributed by atoms with Gasteiger partial charge in [0.2, 0.25) is 24.2 Å². The number of halogens is 2. The molecule has 3 aliphatic rings. The number of ether oxygens (including phenoxy) is 4. The number of nitrogens with one attached hydrogen (secondary N) is 3. The van der Waals surface area contributed by atoms with Crippen molar-refractivity contribution in [3.05, 3.63) is 50.0 Å². The van der Waals surface area contributed by atoms with Crippen LogP contribution in [-0.4, -0.2) is 159 Å². The smallest absolute Gasteiger partial charge is 0.387 e. The molecule has 9 rings (SSSR count). The number of alkyl halides is 2. The fourth-order valence-corrected chi connectivity index (χ4v) is 13.5. The van der Waals surface area contributed by atoms with E-state index in [9.17, 15) is 62.4 Å². The van der Waals surface area contributed by atoms with Gasteiger partial charge in [0, 0.05) is 7.11 Å². The van der Waals surface area contributed by atoms with Crippen LogP contribution in [0.1, 0.15) is 32.0 Å². The summed E-state index contributed by atoms with van der Waals surface area (Å²) in [6.07, 6.45) is -15.3. The first-order valence-corrected chi connectivity index (χ1v) is 28.2. The molecule has 5 unspecified atom stereocenters. The summed E-state index contributed by atoms with van der Waals surface area (Å²) in [7, 11) is -21.4. The third-order valence-corrected chi connectivity index (χ3v) is 17.5. The van der Waals surface area contributed by atoms with E-state index in [1.807, 2.05) is 0 Å². The number of rotatable bonds is 20. The Kier molecular flexibility index (Phi) is 15.4. The summed E-state index contributed by atoms with van der Waals surface area (Å²) in [5, 5.41) is 21.7. The number of methoxy groups -OCH3 is 1. The van der Waals surface area contributed by atoms with Crippen LogP contribution in [0.15, 0.2) is 33.4 Å². The van der Waals surface area contributed by atoms with Crippen molar-refractivity contribution < 1.29 is 107 Å². The van der Waals surface area contributed by atoms with Crippen molar-refractivity contribution in [2.75, 3.05) is 44.1 Å². The first-order valence-electron chi connectivity index (χ1n) is 22.2. The van der Waals surface area contributed by atoms with E-state index in [0.717, 1.165) is 44.4 Å². The lowest BCUT2D eigenvalue weighted by molar-refractivity contribution is -0.646. The minimum Gasteiger partial charge on any atom is -0.387 e. The third kappa shape index (κ3) is 11.1. The minimum atomic E-state index is -6.29. The zero-order chi connectivity index (χ0) is 56.8. The monoisotopic (exact) mass is 1190 g/mol. The van der Waals surface area contributed by atoms with Crippen LogP contribution < -0.4 is 38.4 Å². The molecule has 0 bridgehead atoms. The van der Waals surface area contributed by atoms with Gasteiger partial charge >= 0.3 is 42.8 Å². The molecule has 6 aromatic heterocycles. The summed E-state index contributed by atoms with van der Waals surface area (Å²) in [5.74, 6) is -6.76. The molecule has 0 aromatic carbocycles. The van der Waals surface area contributed by atoms with Crippen molar-refractivity contribution >= 4 is 82.6 Å².